The van der Waals surface area contributed by atoms with Gasteiger partial charge in [0.25, 0.3) is 0 Å². The molecule has 0 fully saturated rings. The molecule has 0 aliphatic carbocycles. The van der Waals surface area contributed by atoms with Crippen molar-refractivity contribution in [3.05, 3.63) is 65.5 Å². The first-order chi connectivity index (χ1) is 12.4. The lowest BCUT2D eigenvalue weighted by atomic mass is 10.1. The number of fused-ring (bicyclic) bond motifs is 1. The number of amides is 1. The molecule has 0 spiro atoms. The molecule has 0 aliphatic rings. The fourth-order valence-corrected chi connectivity index (χ4v) is 2.64. The van der Waals surface area contributed by atoms with Crippen LogP contribution in [-0.4, -0.2) is 21.7 Å². The summed E-state index contributed by atoms with van der Waals surface area (Å²) in [6.07, 6.45) is -0.262. The molecule has 0 saturated carbocycles. The summed E-state index contributed by atoms with van der Waals surface area (Å²) < 4.78 is 26.5. The first-order valence-electron chi connectivity index (χ1n) is 8.16. The lowest BCUT2D eigenvalue weighted by Crippen LogP contribution is -2.27. The summed E-state index contributed by atoms with van der Waals surface area (Å²) in [5.74, 6) is -1.97. The van der Waals surface area contributed by atoms with Gasteiger partial charge in [0.15, 0.2) is 5.78 Å². The van der Waals surface area contributed by atoms with Gasteiger partial charge >= 0.3 is 0 Å². The molecule has 134 valence electrons. The van der Waals surface area contributed by atoms with E-state index in [2.05, 4.69) is 15.3 Å². The zero-order chi connectivity index (χ0) is 18.7. The third-order valence-corrected chi connectivity index (χ3v) is 4.01. The van der Waals surface area contributed by atoms with Crippen LogP contribution in [-0.2, 0) is 4.79 Å². The van der Waals surface area contributed by atoms with E-state index in [-0.39, 0.29) is 30.4 Å². The highest BCUT2D eigenvalue weighted by Gasteiger charge is 2.17. The van der Waals surface area contributed by atoms with Gasteiger partial charge < -0.3 is 10.3 Å². The van der Waals surface area contributed by atoms with Crippen molar-refractivity contribution in [2.75, 3.05) is 0 Å². The van der Waals surface area contributed by atoms with E-state index in [0.717, 1.165) is 23.2 Å². The molecule has 3 aromatic rings. The van der Waals surface area contributed by atoms with Crippen LogP contribution in [0, 0.1) is 11.6 Å². The summed E-state index contributed by atoms with van der Waals surface area (Å²) >= 11 is 0. The Morgan fingerprint density at radius 3 is 2.65 bits per heavy atom. The highest BCUT2D eigenvalue weighted by Crippen LogP contribution is 2.16. The van der Waals surface area contributed by atoms with Crippen LogP contribution in [0.4, 0.5) is 8.78 Å². The van der Waals surface area contributed by atoms with Gasteiger partial charge in [-0.05, 0) is 31.2 Å². The topological polar surface area (TPSA) is 74.8 Å². The van der Waals surface area contributed by atoms with Gasteiger partial charge in [-0.2, -0.15) is 0 Å². The molecular weight excluding hydrogens is 340 g/mol. The molecular formula is C19H17F2N3O2. The molecule has 0 aliphatic heterocycles. The summed E-state index contributed by atoms with van der Waals surface area (Å²) in [6, 6.07) is 9.88. The van der Waals surface area contributed by atoms with Crippen molar-refractivity contribution < 1.29 is 18.4 Å². The van der Waals surface area contributed by atoms with Crippen molar-refractivity contribution >= 4 is 22.7 Å². The van der Waals surface area contributed by atoms with Gasteiger partial charge in [0.2, 0.25) is 5.91 Å². The number of nitrogens with zero attached hydrogens (tertiary/aromatic N) is 1. The number of benzene rings is 2. The monoisotopic (exact) mass is 357 g/mol. The molecule has 3 rings (SSSR count). The van der Waals surface area contributed by atoms with E-state index in [1.54, 1.807) is 6.92 Å². The van der Waals surface area contributed by atoms with Gasteiger partial charge in [-0.1, -0.05) is 12.1 Å². The number of Topliss-reactive ketones (excluding diaryl/α,β-unsaturated/α-hetero) is 1. The van der Waals surface area contributed by atoms with Crippen molar-refractivity contribution in [1.82, 2.24) is 15.3 Å². The number of aromatic amines is 1. The van der Waals surface area contributed by atoms with Gasteiger partial charge in [0, 0.05) is 18.9 Å². The highest BCUT2D eigenvalue weighted by atomic mass is 19.1. The Morgan fingerprint density at radius 1 is 1.15 bits per heavy atom. The summed E-state index contributed by atoms with van der Waals surface area (Å²) in [5.41, 5.74) is 1.45. The van der Waals surface area contributed by atoms with E-state index < -0.39 is 17.4 Å². The van der Waals surface area contributed by atoms with Crippen LogP contribution in [0.3, 0.4) is 0 Å². The van der Waals surface area contributed by atoms with E-state index in [0.29, 0.717) is 11.9 Å². The second-order valence-electron chi connectivity index (χ2n) is 5.98. The standard InChI is InChI=1S/C19H17F2N3O2/c1-11(19-23-15-4-2-3-5-16(15)24-19)22-18(26)9-8-17(25)13-7-6-12(20)10-14(13)21/h2-7,10-11H,8-9H2,1H3,(H,22,26)(H,23,24)/t11-/m0/s1. The quantitative estimate of drug-likeness (QED) is 0.661. The van der Waals surface area contributed by atoms with Gasteiger partial charge in [0.05, 0.1) is 22.6 Å². The molecule has 2 aromatic carbocycles. The molecule has 5 nitrogen and oxygen atoms in total. The zero-order valence-electron chi connectivity index (χ0n) is 14.1. The number of rotatable bonds is 6. The van der Waals surface area contributed by atoms with Gasteiger partial charge in [0.1, 0.15) is 17.5 Å². The number of ketones is 1. The van der Waals surface area contributed by atoms with Crippen LogP contribution in [0.25, 0.3) is 11.0 Å². The van der Waals surface area contributed by atoms with Crippen molar-refractivity contribution in [3.8, 4) is 0 Å². The lowest BCUT2D eigenvalue weighted by molar-refractivity contribution is -0.121. The number of carbonyl (C=O) groups excluding carboxylic acids is 2. The number of halogens is 2. The minimum absolute atomic E-state index is 0.0970. The SMILES string of the molecule is C[C@H](NC(=O)CCC(=O)c1ccc(F)cc1F)c1nc2ccccc2[nH]1. The number of nitrogens with one attached hydrogen (secondary N) is 2. The average Bonchev–Trinajstić information content (AvgIpc) is 3.04. The minimum Gasteiger partial charge on any atom is -0.346 e. The third kappa shape index (κ3) is 3.93. The first-order valence-corrected chi connectivity index (χ1v) is 8.16. The van der Waals surface area contributed by atoms with E-state index in [4.69, 9.17) is 0 Å². The van der Waals surface area contributed by atoms with Crippen molar-refractivity contribution in [2.45, 2.75) is 25.8 Å². The molecule has 1 heterocycles. The van der Waals surface area contributed by atoms with Gasteiger partial charge in [-0.25, -0.2) is 13.8 Å². The van der Waals surface area contributed by atoms with E-state index >= 15 is 0 Å². The van der Waals surface area contributed by atoms with Crippen LogP contribution in [0.1, 0.15) is 42.0 Å². The smallest absolute Gasteiger partial charge is 0.221 e. The molecule has 1 aromatic heterocycles. The van der Waals surface area contributed by atoms with Crippen LogP contribution in [0.2, 0.25) is 0 Å². The third-order valence-electron chi connectivity index (χ3n) is 4.01. The molecule has 1 amide bonds. The molecule has 7 heteroatoms. The van der Waals surface area contributed by atoms with E-state index in [1.807, 2.05) is 24.3 Å². The molecule has 0 radical (unpaired) electrons. The van der Waals surface area contributed by atoms with E-state index in [9.17, 15) is 18.4 Å². The number of H-pyrrole nitrogens is 1. The van der Waals surface area contributed by atoms with Gasteiger partial charge in [-0.3, -0.25) is 9.59 Å². The maximum atomic E-state index is 13.6. The lowest BCUT2D eigenvalue weighted by Gasteiger charge is -2.11. The van der Waals surface area contributed by atoms with Gasteiger partial charge in [-0.15, -0.1) is 0 Å². The summed E-state index contributed by atoms with van der Waals surface area (Å²) in [5, 5.41) is 2.75. The van der Waals surface area contributed by atoms with Crippen LogP contribution in [0.5, 0.6) is 0 Å². The van der Waals surface area contributed by atoms with Crippen LogP contribution < -0.4 is 5.32 Å². The molecule has 0 saturated heterocycles. The Labute approximate surface area is 148 Å². The fraction of sp³-hybridized carbons (Fsp3) is 0.211. The Bertz CT molecular complexity index is 935. The molecule has 0 bridgehead atoms. The zero-order valence-corrected chi connectivity index (χ0v) is 14.1. The first kappa shape index (κ1) is 17.7. The Morgan fingerprint density at radius 2 is 1.92 bits per heavy atom. The highest BCUT2D eigenvalue weighted by molar-refractivity contribution is 5.98. The van der Waals surface area contributed by atoms with Crippen molar-refractivity contribution in [3.63, 3.8) is 0 Å². The largest absolute Gasteiger partial charge is 0.346 e. The molecule has 2 N–H and O–H groups in total. The van der Waals surface area contributed by atoms with Crippen molar-refractivity contribution in [1.29, 1.82) is 0 Å². The predicted molar refractivity (Wildman–Crippen MR) is 92.6 cm³/mol. The Kier molecular flexibility index (Phi) is 5.06. The average molecular weight is 357 g/mol. The number of hydrogen-bond acceptors (Lipinski definition) is 3. The summed E-state index contributed by atoms with van der Waals surface area (Å²) in [7, 11) is 0. The van der Waals surface area contributed by atoms with Crippen LogP contribution >= 0.6 is 0 Å². The number of para-hydroxylation sites is 2. The van der Waals surface area contributed by atoms with Crippen LogP contribution in [0.15, 0.2) is 42.5 Å². The second kappa shape index (κ2) is 7.43. The number of hydrogen-bond donors (Lipinski definition) is 2. The summed E-state index contributed by atoms with van der Waals surface area (Å²) in [6.45, 7) is 1.77. The number of imidazole rings is 1. The Balaban J connectivity index is 1.57. The maximum Gasteiger partial charge on any atom is 0.221 e. The molecule has 1 atom stereocenters. The number of aromatic nitrogens is 2. The summed E-state index contributed by atoms with van der Waals surface area (Å²) in [4.78, 5) is 31.6. The second-order valence-corrected chi connectivity index (χ2v) is 5.98. The molecule has 26 heavy (non-hydrogen) atoms. The van der Waals surface area contributed by atoms with E-state index in [1.165, 1.54) is 0 Å². The fourth-order valence-electron chi connectivity index (χ4n) is 2.64. The maximum absolute atomic E-state index is 13.6. The van der Waals surface area contributed by atoms with Crippen molar-refractivity contribution in [2.24, 2.45) is 0 Å². The number of carbonyl (C=O) groups is 2. The molecule has 0 unspecified atom stereocenters. The normalized spacial score (nSPS) is 12.1. The minimum atomic E-state index is -0.925. The predicted octanol–water partition coefficient (Wildman–Crippen LogP) is 3.68. The Hall–Kier alpha value is -3.09.